The number of aromatic nitrogens is 4. The Kier molecular flexibility index (Phi) is 4.76. The van der Waals surface area contributed by atoms with Crippen molar-refractivity contribution in [2.24, 2.45) is 13.0 Å². The van der Waals surface area contributed by atoms with Crippen LogP contribution in [0.3, 0.4) is 0 Å². The van der Waals surface area contributed by atoms with Gasteiger partial charge in [0.15, 0.2) is 17.5 Å². The second-order valence-electron chi connectivity index (χ2n) is 9.57. The van der Waals surface area contributed by atoms with Crippen molar-refractivity contribution in [2.45, 2.75) is 51.2 Å². The van der Waals surface area contributed by atoms with Gasteiger partial charge in [0, 0.05) is 30.1 Å². The summed E-state index contributed by atoms with van der Waals surface area (Å²) in [7, 11) is 1.70. The van der Waals surface area contributed by atoms with Gasteiger partial charge in [-0.05, 0) is 37.8 Å². The van der Waals surface area contributed by atoms with E-state index in [2.05, 4.69) is 17.1 Å². The highest BCUT2D eigenvalue weighted by atomic mass is 19.2. The summed E-state index contributed by atoms with van der Waals surface area (Å²) in [6.45, 7) is 3.31. The Labute approximate surface area is 194 Å². The van der Waals surface area contributed by atoms with E-state index in [9.17, 15) is 18.0 Å². The van der Waals surface area contributed by atoms with Gasteiger partial charge in [0.25, 0.3) is 5.91 Å². The van der Waals surface area contributed by atoms with Crippen molar-refractivity contribution in [3.8, 4) is 17.1 Å². The molecule has 3 aromatic rings. The summed E-state index contributed by atoms with van der Waals surface area (Å²) >= 11 is 0. The summed E-state index contributed by atoms with van der Waals surface area (Å²) < 4.78 is 50.7. The molecule has 7 nitrogen and oxygen atoms in total. The smallest absolute Gasteiger partial charge is 0.261 e. The third-order valence-corrected chi connectivity index (χ3v) is 7.18. The van der Waals surface area contributed by atoms with E-state index in [0.717, 1.165) is 42.7 Å². The van der Waals surface area contributed by atoms with Crippen molar-refractivity contribution < 1.29 is 22.7 Å². The normalized spacial score (nSPS) is 23.3. The van der Waals surface area contributed by atoms with Crippen molar-refractivity contribution in [3.63, 3.8) is 0 Å². The van der Waals surface area contributed by atoms with Crippen LogP contribution < -0.4 is 4.74 Å². The zero-order valence-corrected chi connectivity index (χ0v) is 18.9. The Morgan fingerprint density at radius 3 is 2.71 bits per heavy atom. The number of hydrogen-bond acceptors (Lipinski definition) is 4. The molecule has 5 heterocycles. The van der Waals surface area contributed by atoms with Gasteiger partial charge < -0.3 is 9.64 Å². The van der Waals surface area contributed by atoms with Crippen LogP contribution in [0.1, 0.15) is 53.8 Å². The third-order valence-electron chi connectivity index (χ3n) is 7.18. The lowest BCUT2D eigenvalue weighted by Crippen LogP contribution is -2.50. The number of piperidine rings is 1. The summed E-state index contributed by atoms with van der Waals surface area (Å²) in [5.74, 6) is -3.28. The maximum Gasteiger partial charge on any atom is 0.261 e. The largest absolute Gasteiger partial charge is 0.477 e. The predicted octanol–water partition coefficient (Wildman–Crippen LogP) is 4.02. The van der Waals surface area contributed by atoms with E-state index in [0.29, 0.717) is 42.6 Å². The van der Waals surface area contributed by atoms with Crippen LogP contribution in [0.5, 0.6) is 5.88 Å². The molecule has 2 aromatic heterocycles. The number of amides is 1. The number of carbonyl (C=O) groups excluding carboxylic acids is 1. The zero-order valence-electron chi connectivity index (χ0n) is 18.9. The number of hydrogen-bond donors (Lipinski definition) is 0. The molecule has 6 rings (SSSR count). The molecule has 10 heteroatoms. The van der Waals surface area contributed by atoms with Crippen molar-refractivity contribution in [1.82, 2.24) is 24.5 Å². The van der Waals surface area contributed by atoms with Crippen LogP contribution in [-0.2, 0) is 20.0 Å². The fourth-order valence-electron chi connectivity index (χ4n) is 5.71. The van der Waals surface area contributed by atoms with Crippen LogP contribution in [0.15, 0.2) is 18.3 Å². The first-order chi connectivity index (χ1) is 16.3. The lowest BCUT2D eigenvalue weighted by atomic mass is 9.81. The average molecular weight is 471 g/mol. The number of nitrogens with zero attached hydrogens (tertiary/aromatic N) is 5. The molecule has 0 aliphatic carbocycles. The molecule has 34 heavy (non-hydrogen) atoms. The minimum absolute atomic E-state index is 0.0880. The van der Waals surface area contributed by atoms with Crippen molar-refractivity contribution in [2.75, 3.05) is 6.61 Å². The molecule has 3 aliphatic heterocycles. The molecule has 178 valence electrons. The van der Waals surface area contributed by atoms with E-state index in [4.69, 9.17) is 4.74 Å². The van der Waals surface area contributed by atoms with Gasteiger partial charge in [0.1, 0.15) is 5.56 Å². The van der Waals surface area contributed by atoms with E-state index in [1.165, 1.54) is 0 Å². The maximum absolute atomic E-state index is 14.0. The van der Waals surface area contributed by atoms with E-state index in [1.54, 1.807) is 22.6 Å². The van der Waals surface area contributed by atoms with E-state index >= 15 is 0 Å². The molecular weight excluding hydrogens is 447 g/mol. The molecule has 1 unspecified atom stereocenters. The molecule has 1 aromatic carbocycles. The fraction of sp³-hybridized carbons (Fsp3) is 0.458. The molecule has 3 aliphatic rings. The van der Waals surface area contributed by atoms with Gasteiger partial charge in [-0.2, -0.15) is 10.2 Å². The summed E-state index contributed by atoms with van der Waals surface area (Å²) in [5, 5.41) is 9.04. The zero-order chi connectivity index (χ0) is 23.7. The Bertz CT molecular complexity index is 1290. The first-order valence-electron chi connectivity index (χ1n) is 11.6. The van der Waals surface area contributed by atoms with E-state index in [1.807, 2.05) is 4.90 Å². The lowest BCUT2D eigenvalue weighted by Gasteiger charge is -2.45. The van der Waals surface area contributed by atoms with E-state index < -0.39 is 17.5 Å². The molecular formula is C24H24F3N5O2. The van der Waals surface area contributed by atoms with Crippen LogP contribution in [0, 0.1) is 23.4 Å². The Hall–Kier alpha value is -3.30. The van der Waals surface area contributed by atoms with Crippen LogP contribution in [0.4, 0.5) is 13.2 Å². The van der Waals surface area contributed by atoms with Gasteiger partial charge in [-0.15, -0.1) is 0 Å². The van der Waals surface area contributed by atoms with Gasteiger partial charge in [0.05, 0.1) is 36.8 Å². The van der Waals surface area contributed by atoms with Gasteiger partial charge in [0.2, 0.25) is 5.88 Å². The van der Waals surface area contributed by atoms with Crippen molar-refractivity contribution >= 4 is 5.91 Å². The molecule has 1 saturated heterocycles. The number of aryl methyl sites for hydroxylation is 1. The minimum atomic E-state index is -1.49. The first-order valence-corrected chi connectivity index (χ1v) is 11.6. The number of benzene rings is 1. The van der Waals surface area contributed by atoms with Crippen LogP contribution >= 0.6 is 0 Å². The summed E-state index contributed by atoms with van der Waals surface area (Å²) in [5.41, 5.74) is 2.82. The summed E-state index contributed by atoms with van der Waals surface area (Å²) in [6.07, 6.45) is 4.57. The first kappa shape index (κ1) is 21.2. The highest BCUT2D eigenvalue weighted by Gasteiger charge is 2.45. The molecule has 2 bridgehead atoms. The summed E-state index contributed by atoms with van der Waals surface area (Å²) in [6, 6.07) is 1.65. The number of halogens is 3. The molecule has 0 radical (unpaired) electrons. The third kappa shape index (κ3) is 3.07. The van der Waals surface area contributed by atoms with E-state index in [-0.39, 0.29) is 23.6 Å². The molecule has 0 spiro atoms. The van der Waals surface area contributed by atoms with Gasteiger partial charge in [-0.3, -0.25) is 9.48 Å². The molecule has 1 amide bonds. The minimum Gasteiger partial charge on any atom is -0.477 e. The van der Waals surface area contributed by atoms with Crippen LogP contribution in [0.2, 0.25) is 0 Å². The molecule has 3 atom stereocenters. The topological polar surface area (TPSA) is 65.2 Å². The molecule has 1 fully saturated rings. The average Bonchev–Trinajstić information content (AvgIpc) is 3.36. The highest BCUT2D eigenvalue weighted by Crippen LogP contribution is 2.45. The SMILES string of the molecule is CC1COc2c(C(=O)N3[C@@H]4CCC[C@H]3c3nn(C)c(-c5cc(F)c(F)c(F)c5)c3C4)cnn2C1. The number of ether oxygens (including phenoxy) is 1. The quantitative estimate of drug-likeness (QED) is 0.530. The van der Waals surface area contributed by atoms with Crippen LogP contribution in [0.25, 0.3) is 11.3 Å². The highest BCUT2D eigenvalue weighted by molar-refractivity contribution is 5.97. The predicted molar refractivity (Wildman–Crippen MR) is 116 cm³/mol. The monoisotopic (exact) mass is 471 g/mol. The Morgan fingerprint density at radius 1 is 1.18 bits per heavy atom. The van der Waals surface area contributed by atoms with Crippen molar-refractivity contribution in [3.05, 3.63) is 52.6 Å². The second kappa shape index (κ2) is 7.61. The van der Waals surface area contributed by atoms with Crippen LogP contribution in [-0.4, -0.2) is 43.0 Å². The fourth-order valence-corrected chi connectivity index (χ4v) is 5.71. The lowest BCUT2D eigenvalue weighted by molar-refractivity contribution is 0.0384. The second-order valence-corrected chi connectivity index (χ2v) is 9.57. The van der Waals surface area contributed by atoms with Gasteiger partial charge in [-0.25, -0.2) is 17.9 Å². The Morgan fingerprint density at radius 2 is 1.94 bits per heavy atom. The number of rotatable bonds is 2. The molecule has 0 N–H and O–H groups in total. The van der Waals surface area contributed by atoms with Gasteiger partial charge >= 0.3 is 0 Å². The van der Waals surface area contributed by atoms with Gasteiger partial charge in [-0.1, -0.05) is 6.92 Å². The molecule has 0 saturated carbocycles. The maximum atomic E-state index is 14.0. The van der Waals surface area contributed by atoms with Crippen molar-refractivity contribution in [1.29, 1.82) is 0 Å². The number of carbonyl (C=O) groups is 1. The number of fused-ring (bicyclic) bond motifs is 5. The summed E-state index contributed by atoms with van der Waals surface area (Å²) in [4.78, 5) is 15.6. The standard InChI is InChI=1S/C24H24F3N5O2/c1-12-10-31-24(34-11-12)16(9-28-31)23(33)32-14-4-3-5-19(32)21-15(8-14)22(30(2)29-21)13-6-17(25)20(27)18(26)7-13/h6-7,9,12,14,19H,3-5,8,10-11H2,1-2H3/t12?,14-,19+/m1/s1. The Balaban J connectivity index is 1.40.